The average Bonchev–Trinajstić information content (AvgIpc) is 3.12. The van der Waals surface area contributed by atoms with E-state index < -0.39 is 0 Å². The Hall–Kier alpha value is -2.26. The van der Waals surface area contributed by atoms with Crippen molar-refractivity contribution in [3.05, 3.63) is 70.7 Å². The minimum absolute atomic E-state index is 0.800. The molecule has 20 heavy (non-hydrogen) atoms. The summed E-state index contributed by atoms with van der Waals surface area (Å²) in [5, 5.41) is 2.74. The summed E-state index contributed by atoms with van der Waals surface area (Å²) in [4.78, 5) is 8.55. The van der Waals surface area contributed by atoms with Crippen molar-refractivity contribution in [1.29, 1.82) is 0 Å². The summed E-state index contributed by atoms with van der Waals surface area (Å²) in [6, 6.07) is 15.2. The molecule has 2 nitrogen and oxygen atoms in total. The second-order valence-electron chi connectivity index (χ2n) is 4.82. The lowest BCUT2D eigenvalue weighted by molar-refractivity contribution is 1.26. The van der Waals surface area contributed by atoms with E-state index in [9.17, 15) is 0 Å². The number of rotatable bonds is 2. The summed E-state index contributed by atoms with van der Waals surface area (Å²) in [6.45, 7) is 0. The summed E-state index contributed by atoms with van der Waals surface area (Å²) in [6.07, 6.45) is 4.68. The molecule has 0 amide bonds. The molecule has 0 fully saturated rings. The quantitative estimate of drug-likeness (QED) is 0.496. The minimum atomic E-state index is 0.800. The summed E-state index contributed by atoms with van der Waals surface area (Å²) in [5.74, 6) is 0. The van der Waals surface area contributed by atoms with Gasteiger partial charge in [-0.05, 0) is 40.3 Å². The van der Waals surface area contributed by atoms with Crippen LogP contribution in [0.5, 0.6) is 0 Å². The van der Waals surface area contributed by atoms with Gasteiger partial charge in [0.15, 0.2) is 0 Å². The molecule has 0 saturated heterocycles. The molecular formula is C17H12N2S. The fourth-order valence-electron chi connectivity index (χ4n) is 2.65. The van der Waals surface area contributed by atoms with Gasteiger partial charge in [-0.15, -0.1) is 11.3 Å². The van der Waals surface area contributed by atoms with Gasteiger partial charge in [-0.25, -0.2) is 9.98 Å². The smallest absolute Gasteiger partial charge is 0.208 e. The maximum atomic E-state index is 4.39. The maximum Gasteiger partial charge on any atom is 0.208 e. The third kappa shape index (κ3) is 1.96. The van der Waals surface area contributed by atoms with Gasteiger partial charge in [0.1, 0.15) is 0 Å². The second-order valence-corrected chi connectivity index (χ2v) is 5.70. The Labute approximate surface area is 121 Å². The highest BCUT2D eigenvalue weighted by molar-refractivity contribution is 7.13. The standard InChI is InChI=1S/C17H12N2S/c1-2-4-15-13(3-1)10-14-9-12(5-6-16(14)15)11-19-17-18-7-8-20-17/h1-9,11H,10H2/b19-11+. The Morgan fingerprint density at radius 3 is 2.85 bits per heavy atom. The van der Waals surface area contributed by atoms with Crippen LogP contribution in [0.4, 0.5) is 5.13 Å². The topological polar surface area (TPSA) is 25.2 Å². The van der Waals surface area contributed by atoms with Crippen molar-refractivity contribution in [2.75, 3.05) is 0 Å². The van der Waals surface area contributed by atoms with Crippen molar-refractivity contribution in [2.24, 2.45) is 4.99 Å². The maximum absolute atomic E-state index is 4.39. The van der Waals surface area contributed by atoms with Gasteiger partial charge in [0.05, 0.1) is 0 Å². The first-order valence-corrected chi connectivity index (χ1v) is 7.43. The Bertz CT molecular complexity index is 789. The molecule has 4 rings (SSSR count). The molecule has 0 spiro atoms. The van der Waals surface area contributed by atoms with Crippen LogP contribution in [0.3, 0.4) is 0 Å². The molecule has 0 atom stereocenters. The monoisotopic (exact) mass is 276 g/mol. The number of aliphatic imine (C=N–C) groups is 1. The zero-order chi connectivity index (χ0) is 13.4. The third-order valence-electron chi connectivity index (χ3n) is 3.56. The van der Waals surface area contributed by atoms with Gasteiger partial charge in [-0.1, -0.05) is 36.4 Å². The summed E-state index contributed by atoms with van der Waals surface area (Å²) >= 11 is 1.55. The van der Waals surface area contributed by atoms with Crippen LogP contribution in [0, 0.1) is 0 Å². The fourth-order valence-corrected chi connectivity index (χ4v) is 3.13. The minimum Gasteiger partial charge on any atom is -0.227 e. The van der Waals surface area contributed by atoms with Crippen molar-refractivity contribution in [2.45, 2.75) is 6.42 Å². The number of thiazole rings is 1. The van der Waals surface area contributed by atoms with Crippen LogP contribution in [0.2, 0.25) is 0 Å². The lowest BCUT2D eigenvalue weighted by Crippen LogP contribution is -1.85. The molecule has 0 unspecified atom stereocenters. The molecule has 0 aliphatic heterocycles. The predicted molar refractivity (Wildman–Crippen MR) is 84.1 cm³/mol. The first-order chi connectivity index (χ1) is 9.90. The molecule has 0 N–H and O–H groups in total. The van der Waals surface area contributed by atoms with Gasteiger partial charge < -0.3 is 0 Å². The van der Waals surface area contributed by atoms with E-state index in [1.165, 1.54) is 22.3 Å². The molecule has 1 heterocycles. The number of aromatic nitrogens is 1. The van der Waals surface area contributed by atoms with Crippen LogP contribution in [-0.2, 0) is 6.42 Å². The molecule has 0 bridgehead atoms. The SMILES string of the molecule is C(=N\c1nccs1)/c1ccc2c(c1)Cc1ccccc1-2. The highest BCUT2D eigenvalue weighted by Gasteiger charge is 2.17. The fraction of sp³-hybridized carbons (Fsp3) is 0.0588. The molecule has 0 saturated carbocycles. The number of fused-ring (bicyclic) bond motifs is 3. The van der Waals surface area contributed by atoms with Crippen LogP contribution in [0.1, 0.15) is 16.7 Å². The molecular weight excluding hydrogens is 264 g/mol. The van der Waals surface area contributed by atoms with Crippen LogP contribution >= 0.6 is 11.3 Å². The molecule has 1 aromatic heterocycles. The first kappa shape index (κ1) is 11.6. The molecule has 3 heteroatoms. The molecule has 96 valence electrons. The number of hydrogen-bond donors (Lipinski definition) is 0. The lowest BCUT2D eigenvalue weighted by atomic mass is 10.0. The van der Waals surface area contributed by atoms with E-state index in [-0.39, 0.29) is 0 Å². The Balaban J connectivity index is 1.69. The largest absolute Gasteiger partial charge is 0.227 e. The number of hydrogen-bond acceptors (Lipinski definition) is 3. The second kappa shape index (κ2) is 4.69. The zero-order valence-electron chi connectivity index (χ0n) is 10.8. The van der Waals surface area contributed by atoms with E-state index in [0.29, 0.717) is 0 Å². The van der Waals surface area contributed by atoms with Crippen molar-refractivity contribution in [1.82, 2.24) is 4.98 Å². The van der Waals surface area contributed by atoms with Gasteiger partial charge in [0.2, 0.25) is 5.13 Å². The normalized spacial score (nSPS) is 12.6. The Morgan fingerprint density at radius 1 is 1.05 bits per heavy atom. The van der Waals surface area contributed by atoms with E-state index in [4.69, 9.17) is 0 Å². The van der Waals surface area contributed by atoms with E-state index in [0.717, 1.165) is 17.1 Å². The van der Waals surface area contributed by atoms with Crippen LogP contribution < -0.4 is 0 Å². The summed E-state index contributed by atoms with van der Waals surface area (Å²) < 4.78 is 0. The molecule has 1 aliphatic rings. The van der Waals surface area contributed by atoms with Gasteiger partial charge >= 0.3 is 0 Å². The van der Waals surface area contributed by atoms with Crippen molar-refractivity contribution in [3.8, 4) is 11.1 Å². The van der Waals surface area contributed by atoms with E-state index in [1.807, 2.05) is 11.6 Å². The van der Waals surface area contributed by atoms with E-state index in [2.05, 4.69) is 52.4 Å². The number of benzene rings is 2. The van der Waals surface area contributed by atoms with Crippen molar-refractivity contribution in [3.63, 3.8) is 0 Å². The Morgan fingerprint density at radius 2 is 1.95 bits per heavy atom. The predicted octanol–water partition coefficient (Wildman–Crippen LogP) is 4.46. The summed E-state index contributed by atoms with van der Waals surface area (Å²) in [5.41, 5.74) is 6.65. The highest BCUT2D eigenvalue weighted by atomic mass is 32.1. The number of nitrogens with zero attached hydrogens (tertiary/aromatic N) is 2. The van der Waals surface area contributed by atoms with Crippen molar-refractivity contribution >= 4 is 22.7 Å². The Kier molecular flexibility index (Phi) is 2.71. The van der Waals surface area contributed by atoms with Gasteiger partial charge in [-0.2, -0.15) is 0 Å². The molecule has 1 aliphatic carbocycles. The average molecular weight is 276 g/mol. The molecule has 2 aromatic carbocycles. The molecule has 3 aromatic rings. The van der Waals surface area contributed by atoms with Crippen LogP contribution in [0.25, 0.3) is 11.1 Å². The first-order valence-electron chi connectivity index (χ1n) is 6.55. The van der Waals surface area contributed by atoms with Crippen LogP contribution in [-0.4, -0.2) is 11.2 Å². The highest BCUT2D eigenvalue weighted by Crippen LogP contribution is 2.36. The summed E-state index contributed by atoms with van der Waals surface area (Å²) in [7, 11) is 0. The lowest BCUT2D eigenvalue weighted by Gasteiger charge is -2.01. The van der Waals surface area contributed by atoms with E-state index in [1.54, 1.807) is 17.5 Å². The van der Waals surface area contributed by atoms with Crippen LogP contribution in [0.15, 0.2) is 59.0 Å². The third-order valence-corrected chi connectivity index (χ3v) is 4.24. The van der Waals surface area contributed by atoms with Gasteiger partial charge in [-0.3, -0.25) is 0 Å². The zero-order valence-corrected chi connectivity index (χ0v) is 11.6. The molecule has 0 radical (unpaired) electrons. The van der Waals surface area contributed by atoms with E-state index >= 15 is 0 Å². The van der Waals surface area contributed by atoms with Gasteiger partial charge in [0.25, 0.3) is 0 Å². The van der Waals surface area contributed by atoms with Crippen molar-refractivity contribution < 1.29 is 0 Å². The van der Waals surface area contributed by atoms with Gasteiger partial charge in [0, 0.05) is 17.8 Å².